The normalized spacial score (nSPS) is 9.85. The average Bonchev–Trinajstić information content (AvgIpc) is 2.53. The maximum atomic E-state index is 12.0. The molecule has 0 radical (unpaired) electrons. The van der Waals surface area contributed by atoms with Crippen LogP contribution in [0.4, 0.5) is 11.4 Å². The Hall–Kier alpha value is -2.60. The van der Waals surface area contributed by atoms with Gasteiger partial charge in [0.25, 0.3) is 0 Å². The zero-order valence-electron chi connectivity index (χ0n) is 11.6. The molecule has 0 atom stereocenters. The van der Waals surface area contributed by atoms with E-state index in [1.54, 1.807) is 12.1 Å². The van der Waals surface area contributed by atoms with E-state index in [0.717, 1.165) is 16.9 Å². The van der Waals surface area contributed by atoms with Crippen molar-refractivity contribution in [3.8, 4) is 6.07 Å². The van der Waals surface area contributed by atoms with Crippen molar-refractivity contribution >= 4 is 17.2 Å². The Kier molecular flexibility index (Phi) is 4.17. The fourth-order valence-electron chi connectivity index (χ4n) is 2.09. The van der Waals surface area contributed by atoms with Crippen molar-refractivity contribution in [1.82, 2.24) is 0 Å². The molecular weight excluding hydrogens is 248 g/mol. The first-order valence-electron chi connectivity index (χ1n) is 6.53. The molecule has 0 aliphatic carbocycles. The van der Waals surface area contributed by atoms with Crippen molar-refractivity contribution in [3.05, 3.63) is 59.7 Å². The van der Waals surface area contributed by atoms with Gasteiger partial charge in [-0.25, -0.2) is 0 Å². The second-order valence-electron chi connectivity index (χ2n) is 4.51. The van der Waals surface area contributed by atoms with Crippen molar-refractivity contribution in [2.24, 2.45) is 0 Å². The molecule has 3 nitrogen and oxygen atoms in total. The van der Waals surface area contributed by atoms with Crippen molar-refractivity contribution in [1.29, 1.82) is 5.26 Å². The van der Waals surface area contributed by atoms with E-state index < -0.39 is 0 Å². The molecular formula is C17H16N2O. The first-order chi connectivity index (χ1) is 9.67. The van der Waals surface area contributed by atoms with Gasteiger partial charge in [-0.3, -0.25) is 4.79 Å². The molecule has 0 unspecified atom stereocenters. The number of benzene rings is 2. The number of carbonyl (C=O) groups is 1. The van der Waals surface area contributed by atoms with Crippen LogP contribution < -0.4 is 4.90 Å². The van der Waals surface area contributed by atoms with Gasteiger partial charge in [-0.1, -0.05) is 19.1 Å². The number of anilines is 2. The van der Waals surface area contributed by atoms with Crippen molar-refractivity contribution in [2.45, 2.75) is 13.3 Å². The second-order valence-corrected chi connectivity index (χ2v) is 4.51. The minimum atomic E-state index is 0.126. The molecule has 0 spiro atoms. The Balaban J connectivity index is 2.40. The van der Waals surface area contributed by atoms with Gasteiger partial charge in [-0.2, -0.15) is 5.26 Å². The highest BCUT2D eigenvalue weighted by Gasteiger charge is 2.13. The number of ketones is 1. The molecule has 0 aliphatic rings. The third-order valence-electron chi connectivity index (χ3n) is 3.27. The molecule has 0 saturated carbocycles. The fourth-order valence-corrected chi connectivity index (χ4v) is 2.09. The molecule has 2 rings (SSSR count). The highest BCUT2D eigenvalue weighted by Crippen LogP contribution is 2.27. The van der Waals surface area contributed by atoms with E-state index in [9.17, 15) is 4.79 Å². The van der Waals surface area contributed by atoms with Gasteiger partial charge in [0.05, 0.1) is 17.3 Å². The first-order valence-corrected chi connectivity index (χ1v) is 6.53. The van der Waals surface area contributed by atoms with Crippen LogP contribution in [0.25, 0.3) is 0 Å². The van der Waals surface area contributed by atoms with Gasteiger partial charge in [-0.15, -0.1) is 0 Å². The maximum absolute atomic E-state index is 12.0. The van der Waals surface area contributed by atoms with E-state index in [-0.39, 0.29) is 5.78 Å². The highest BCUT2D eigenvalue weighted by atomic mass is 16.1. The number of nitriles is 1. The Bertz CT molecular complexity index is 653. The van der Waals surface area contributed by atoms with Crippen molar-refractivity contribution in [3.63, 3.8) is 0 Å². The summed E-state index contributed by atoms with van der Waals surface area (Å²) >= 11 is 0. The number of carbonyl (C=O) groups excluding carboxylic acids is 1. The van der Waals surface area contributed by atoms with E-state index >= 15 is 0 Å². The predicted octanol–water partition coefficient (Wildman–Crippen LogP) is 3.92. The van der Waals surface area contributed by atoms with E-state index in [1.165, 1.54) is 0 Å². The summed E-state index contributed by atoms with van der Waals surface area (Å²) in [4.78, 5) is 14.0. The molecule has 0 fully saturated rings. The first kappa shape index (κ1) is 13.8. The third-order valence-corrected chi connectivity index (χ3v) is 3.27. The third kappa shape index (κ3) is 2.70. The lowest BCUT2D eigenvalue weighted by Crippen LogP contribution is -2.13. The van der Waals surface area contributed by atoms with Crippen LogP contribution in [0, 0.1) is 11.3 Å². The standard InChI is InChI=1S/C17H16N2O/c1-3-17(20)15-6-4-5-7-16(15)19(2)14-10-8-13(12-18)9-11-14/h4-11H,3H2,1-2H3. The smallest absolute Gasteiger partial charge is 0.164 e. The summed E-state index contributed by atoms with van der Waals surface area (Å²) in [6.45, 7) is 1.86. The van der Waals surface area contributed by atoms with E-state index in [0.29, 0.717) is 12.0 Å². The molecule has 0 aliphatic heterocycles. The van der Waals surface area contributed by atoms with Gasteiger partial charge in [0.1, 0.15) is 0 Å². The molecule has 2 aromatic rings. The Morgan fingerprint density at radius 2 is 1.80 bits per heavy atom. The molecule has 0 aromatic heterocycles. The second kappa shape index (κ2) is 6.03. The summed E-state index contributed by atoms with van der Waals surface area (Å²) < 4.78 is 0. The SMILES string of the molecule is CCC(=O)c1ccccc1N(C)c1ccc(C#N)cc1. The Labute approximate surface area is 119 Å². The van der Waals surface area contributed by atoms with E-state index in [4.69, 9.17) is 5.26 Å². The summed E-state index contributed by atoms with van der Waals surface area (Å²) in [5, 5.41) is 8.82. The van der Waals surface area contributed by atoms with Gasteiger partial charge in [0.15, 0.2) is 5.78 Å². The largest absolute Gasteiger partial charge is 0.344 e. The summed E-state index contributed by atoms with van der Waals surface area (Å²) in [7, 11) is 1.92. The Morgan fingerprint density at radius 1 is 1.15 bits per heavy atom. The van der Waals surface area contributed by atoms with Crippen LogP contribution in [0.3, 0.4) is 0 Å². The topological polar surface area (TPSA) is 44.1 Å². The molecule has 0 heterocycles. The van der Waals surface area contributed by atoms with Crippen LogP contribution in [-0.2, 0) is 0 Å². The summed E-state index contributed by atoms with van der Waals surface area (Å²) in [6, 6.07) is 17.0. The predicted molar refractivity (Wildman–Crippen MR) is 80.3 cm³/mol. The molecule has 0 N–H and O–H groups in total. The number of hydrogen-bond acceptors (Lipinski definition) is 3. The molecule has 2 aromatic carbocycles. The minimum absolute atomic E-state index is 0.126. The zero-order valence-corrected chi connectivity index (χ0v) is 11.6. The molecule has 0 saturated heterocycles. The van der Waals surface area contributed by atoms with Crippen LogP contribution in [0.1, 0.15) is 29.3 Å². The minimum Gasteiger partial charge on any atom is -0.344 e. The Morgan fingerprint density at radius 3 is 2.40 bits per heavy atom. The number of Topliss-reactive ketones (excluding diaryl/α,β-unsaturated/α-hetero) is 1. The number of hydrogen-bond donors (Lipinski definition) is 0. The summed E-state index contributed by atoms with van der Waals surface area (Å²) in [5.74, 6) is 0.126. The van der Waals surface area contributed by atoms with Gasteiger partial charge < -0.3 is 4.90 Å². The van der Waals surface area contributed by atoms with Gasteiger partial charge in [0, 0.05) is 24.7 Å². The number of rotatable bonds is 4. The number of para-hydroxylation sites is 1. The summed E-state index contributed by atoms with van der Waals surface area (Å²) in [6.07, 6.45) is 0.484. The fraction of sp³-hybridized carbons (Fsp3) is 0.176. The van der Waals surface area contributed by atoms with Gasteiger partial charge >= 0.3 is 0 Å². The van der Waals surface area contributed by atoms with Crippen LogP contribution in [0.2, 0.25) is 0 Å². The summed E-state index contributed by atoms with van der Waals surface area (Å²) in [5.41, 5.74) is 3.17. The molecule has 0 amide bonds. The molecule has 3 heteroatoms. The van der Waals surface area contributed by atoms with Crippen LogP contribution in [-0.4, -0.2) is 12.8 Å². The highest BCUT2D eigenvalue weighted by molar-refractivity contribution is 6.01. The van der Waals surface area contributed by atoms with Crippen molar-refractivity contribution in [2.75, 3.05) is 11.9 Å². The lowest BCUT2D eigenvalue weighted by atomic mass is 10.1. The zero-order chi connectivity index (χ0) is 14.5. The van der Waals surface area contributed by atoms with Gasteiger partial charge in [0.2, 0.25) is 0 Å². The monoisotopic (exact) mass is 264 g/mol. The van der Waals surface area contributed by atoms with Crippen LogP contribution in [0.5, 0.6) is 0 Å². The van der Waals surface area contributed by atoms with E-state index in [2.05, 4.69) is 6.07 Å². The van der Waals surface area contributed by atoms with E-state index in [1.807, 2.05) is 55.3 Å². The molecule has 100 valence electrons. The van der Waals surface area contributed by atoms with Crippen LogP contribution in [0.15, 0.2) is 48.5 Å². The molecule has 20 heavy (non-hydrogen) atoms. The van der Waals surface area contributed by atoms with Crippen LogP contribution >= 0.6 is 0 Å². The maximum Gasteiger partial charge on any atom is 0.164 e. The lowest BCUT2D eigenvalue weighted by molar-refractivity contribution is 0.0989. The van der Waals surface area contributed by atoms with Gasteiger partial charge in [-0.05, 0) is 36.4 Å². The lowest BCUT2D eigenvalue weighted by Gasteiger charge is -2.22. The quantitative estimate of drug-likeness (QED) is 0.786. The molecule has 0 bridgehead atoms. The average molecular weight is 264 g/mol. The van der Waals surface area contributed by atoms with Crippen molar-refractivity contribution < 1.29 is 4.79 Å². The number of nitrogens with zero attached hydrogens (tertiary/aromatic N) is 2.